The van der Waals surface area contributed by atoms with Crippen molar-refractivity contribution in [3.8, 4) is 5.75 Å². The minimum Gasteiger partial charge on any atom is -0.488 e. The van der Waals surface area contributed by atoms with E-state index in [1.165, 1.54) is 4.90 Å². The Labute approximate surface area is 133 Å². The van der Waals surface area contributed by atoms with Crippen molar-refractivity contribution in [2.45, 2.75) is 52.4 Å². The summed E-state index contributed by atoms with van der Waals surface area (Å²) in [5, 5.41) is 12.6. The summed E-state index contributed by atoms with van der Waals surface area (Å²) in [6.45, 7) is 9.94. The van der Waals surface area contributed by atoms with Gasteiger partial charge in [0, 0.05) is 19.2 Å². The molecular formula is C17H28N2O3. The number of benzene rings is 1. The normalized spacial score (nSPS) is 12.0. The maximum absolute atomic E-state index is 12.1. The van der Waals surface area contributed by atoms with Crippen LogP contribution in [0.3, 0.4) is 0 Å². The zero-order chi connectivity index (χ0) is 17.0. The Morgan fingerprint density at radius 1 is 1.23 bits per heavy atom. The summed E-state index contributed by atoms with van der Waals surface area (Å²) in [5.41, 5.74) is -0.292. The predicted octanol–water partition coefficient (Wildman–Crippen LogP) is 2.78. The van der Waals surface area contributed by atoms with Gasteiger partial charge in [-0.2, -0.15) is 0 Å². The molecular weight excluding hydrogens is 280 g/mol. The van der Waals surface area contributed by atoms with E-state index >= 15 is 0 Å². The molecule has 22 heavy (non-hydrogen) atoms. The van der Waals surface area contributed by atoms with E-state index in [4.69, 9.17) is 4.74 Å². The fraction of sp³-hybridized carbons (Fsp3) is 0.588. The summed E-state index contributed by atoms with van der Waals surface area (Å²) >= 11 is 0. The van der Waals surface area contributed by atoms with Gasteiger partial charge in [0.15, 0.2) is 0 Å². The first-order valence-electron chi connectivity index (χ1n) is 7.46. The van der Waals surface area contributed by atoms with Crippen molar-refractivity contribution in [2.75, 3.05) is 13.6 Å². The van der Waals surface area contributed by atoms with Gasteiger partial charge in [0.1, 0.15) is 11.4 Å². The van der Waals surface area contributed by atoms with Gasteiger partial charge in [-0.3, -0.25) is 0 Å². The van der Waals surface area contributed by atoms with Crippen LogP contribution in [0.1, 0.15) is 40.2 Å². The van der Waals surface area contributed by atoms with Crippen LogP contribution in [0.5, 0.6) is 5.75 Å². The zero-order valence-corrected chi connectivity index (χ0v) is 14.4. The molecule has 0 unspecified atom stereocenters. The Kier molecular flexibility index (Phi) is 5.83. The highest BCUT2D eigenvalue weighted by Gasteiger charge is 2.20. The fourth-order valence-corrected chi connectivity index (χ4v) is 2.04. The van der Waals surface area contributed by atoms with Gasteiger partial charge >= 0.3 is 6.03 Å². The maximum Gasteiger partial charge on any atom is 0.317 e. The van der Waals surface area contributed by atoms with Gasteiger partial charge in [-0.15, -0.1) is 0 Å². The molecule has 124 valence electrons. The lowest BCUT2D eigenvalue weighted by Gasteiger charge is -2.26. The van der Waals surface area contributed by atoms with Crippen LogP contribution in [0.4, 0.5) is 4.79 Å². The van der Waals surface area contributed by atoms with Crippen LogP contribution in [0.25, 0.3) is 0 Å². The number of likely N-dealkylation sites (N-methyl/N-ethyl adjacent to an activating group) is 1. The van der Waals surface area contributed by atoms with Crippen molar-refractivity contribution in [3.05, 3.63) is 29.8 Å². The molecule has 0 saturated carbocycles. The molecule has 1 aromatic carbocycles. The third kappa shape index (κ3) is 6.80. The van der Waals surface area contributed by atoms with E-state index in [0.29, 0.717) is 6.54 Å². The first-order valence-corrected chi connectivity index (χ1v) is 7.46. The first-order chi connectivity index (χ1) is 9.98. The summed E-state index contributed by atoms with van der Waals surface area (Å²) in [5.74, 6) is 0.764. The largest absolute Gasteiger partial charge is 0.488 e. The summed E-state index contributed by atoms with van der Waals surface area (Å²) in [6.07, 6.45) is 0. The number of ether oxygens (including phenoxy) is 1. The number of hydrogen-bond donors (Lipinski definition) is 2. The molecule has 0 heterocycles. The van der Waals surface area contributed by atoms with Crippen LogP contribution < -0.4 is 10.1 Å². The number of carbonyl (C=O) groups excluding carboxylic acids is 1. The summed E-state index contributed by atoms with van der Waals surface area (Å²) < 4.78 is 5.90. The lowest BCUT2D eigenvalue weighted by Crippen LogP contribution is -2.44. The molecule has 1 aromatic rings. The van der Waals surface area contributed by atoms with Gasteiger partial charge in [0.25, 0.3) is 0 Å². The molecule has 0 aliphatic heterocycles. The third-order valence-corrected chi connectivity index (χ3v) is 2.79. The van der Waals surface area contributed by atoms with Crippen molar-refractivity contribution < 1.29 is 14.6 Å². The first kappa shape index (κ1) is 18.3. The van der Waals surface area contributed by atoms with Crippen LogP contribution in [-0.4, -0.2) is 40.8 Å². The quantitative estimate of drug-likeness (QED) is 0.879. The van der Waals surface area contributed by atoms with Gasteiger partial charge < -0.3 is 20.1 Å². The van der Waals surface area contributed by atoms with Crippen LogP contribution in [-0.2, 0) is 6.54 Å². The highest BCUT2D eigenvalue weighted by Crippen LogP contribution is 2.22. The minimum absolute atomic E-state index is 0.229. The molecule has 0 aliphatic carbocycles. The molecule has 0 radical (unpaired) electrons. The lowest BCUT2D eigenvalue weighted by atomic mass is 10.1. The Bertz CT molecular complexity index is 501. The number of nitrogens with one attached hydrogen (secondary N) is 1. The number of nitrogens with zero attached hydrogens (tertiary/aromatic N) is 1. The summed E-state index contributed by atoms with van der Waals surface area (Å²) in [7, 11) is 1.66. The maximum atomic E-state index is 12.1. The fourth-order valence-electron chi connectivity index (χ4n) is 2.04. The molecule has 0 aromatic heterocycles. The number of amides is 2. The second-order valence-electron chi connectivity index (χ2n) is 7.15. The number of urea groups is 1. The van der Waals surface area contributed by atoms with Gasteiger partial charge in [-0.25, -0.2) is 4.79 Å². The lowest BCUT2D eigenvalue weighted by molar-refractivity contribution is 0.0531. The van der Waals surface area contributed by atoms with Crippen molar-refractivity contribution in [3.63, 3.8) is 0 Å². The Balaban J connectivity index is 2.67. The highest BCUT2D eigenvalue weighted by molar-refractivity contribution is 5.74. The molecule has 2 N–H and O–H groups in total. The number of carbonyl (C=O) groups is 1. The average molecular weight is 308 g/mol. The van der Waals surface area contributed by atoms with E-state index in [1.807, 2.05) is 45.0 Å². The van der Waals surface area contributed by atoms with E-state index < -0.39 is 5.60 Å². The standard InChI is InChI=1S/C17H28N2O3/c1-16(2,3)22-14-10-8-7-9-13(14)11-18-15(20)19(6)12-17(4,5)21/h7-10,21H,11-12H2,1-6H3,(H,18,20). The van der Waals surface area contributed by atoms with Crippen molar-refractivity contribution in [2.24, 2.45) is 0 Å². The molecule has 1 rings (SSSR count). The molecule has 5 nitrogen and oxygen atoms in total. The summed E-state index contributed by atoms with van der Waals surface area (Å²) in [6, 6.07) is 7.42. The number of hydrogen-bond acceptors (Lipinski definition) is 3. The smallest absolute Gasteiger partial charge is 0.317 e. The second-order valence-corrected chi connectivity index (χ2v) is 7.15. The number of rotatable bonds is 5. The van der Waals surface area contributed by atoms with Gasteiger partial charge in [0.05, 0.1) is 12.1 Å². The SMILES string of the molecule is CN(CC(C)(C)O)C(=O)NCc1ccccc1OC(C)(C)C. The van der Waals surface area contributed by atoms with Crippen molar-refractivity contribution >= 4 is 6.03 Å². The Morgan fingerprint density at radius 2 is 1.82 bits per heavy atom. The van der Waals surface area contributed by atoms with E-state index in [1.54, 1.807) is 20.9 Å². The van der Waals surface area contributed by atoms with E-state index in [0.717, 1.165) is 11.3 Å². The molecule has 0 spiro atoms. The molecule has 5 heteroatoms. The van der Waals surface area contributed by atoms with Gasteiger partial charge in [-0.1, -0.05) is 18.2 Å². The van der Waals surface area contributed by atoms with Gasteiger partial charge in [-0.05, 0) is 40.7 Å². The molecule has 0 fully saturated rings. The summed E-state index contributed by atoms with van der Waals surface area (Å²) in [4.78, 5) is 13.5. The monoisotopic (exact) mass is 308 g/mol. The van der Waals surface area contributed by atoms with Gasteiger partial charge in [0.2, 0.25) is 0 Å². The second kappa shape index (κ2) is 7.01. The van der Waals surface area contributed by atoms with E-state index in [2.05, 4.69) is 5.32 Å². The predicted molar refractivity (Wildman–Crippen MR) is 88.0 cm³/mol. The number of para-hydroxylation sites is 1. The molecule has 0 atom stereocenters. The topological polar surface area (TPSA) is 61.8 Å². The zero-order valence-electron chi connectivity index (χ0n) is 14.4. The van der Waals surface area contributed by atoms with Crippen LogP contribution >= 0.6 is 0 Å². The Hall–Kier alpha value is -1.75. The average Bonchev–Trinajstić information content (AvgIpc) is 2.33. The van der Waals surface area contributed by atoms with Crippen LogP contribution in [0.15, 0.2) is 24.3 Å². The van der Waals surface area contributed by atoms with E-state index in [-0.39, 0.29) is 18.2 Å². The third-order valence-electron chi connectivity index (χ3n) is 2.79. The molecule has 0 aliphatic rings. The van der Waals surface area contributed by atoms with Crippen LogP contribution in [0, 0.1) is 0 Å². The minimum atomic E-state index is -0.917. The van der Waals surface area contributed by atoms with Crippen molar-refractivity contribution in [1.29, 1.82) is 0 Å². The Morgan fingerprint density at radius 3 is 2.36 bits per heavy atom. The molecule has 2 amide bonds. The molecule has 0 bridgehead atoms. The van der Waals surface area contributed by atoms with Crippen LogP contribution in [0.2, 0.25) is 0 Å². The molecule has 0 saturated heterocycles. The number of aliphatic hydroxyl groups is 1. The van der Waals surface area contributed by atoms with Crippen molar-refractivity contribution in [1.82, 2.24) is 10.2 Å². The van der Waals surface area contributed by atoms with E-state index in [9.17, 15) is 9.90 Å². The highest BCUT2D eigenvalue weighted by atomic mass is 16.5.